The second kappa shape index (κ2) is 5.53. The minimum absolute atomic E-state index is 0.000637. The SMILES string of the molecule is O=C(c1coc(COc2cccc(F)c2)n1)N1CC(O)C1. The highest BCUT2D eigenvalue weighted by Crippen LogP contribution is 2.16. The van der Waals surface area contributed by atoms with Crippen LogP contribution in [-0.4, -0.2) is 40.1 Å². The maximum Gasteiger partial charge on any atom is 0.275 e. The number of benzene rings is 1. The Morgan fingerprint density at radius 2 is 2.33 bits per heavy atom. The lowest BCUT2D eigenvalue weighted by atomic mass is 10.1. The Balaban J connectivity index is 1.59. The van der Waals surface area contributed by atoms with Crippen LogP contribution in [0.4, 0.5) is 4.39 Å². The smallest absolute Gasteiger partial charge is 0.275 e. The van der Waals surface area contributed by atoms with Gasteiger partial charge in [-0.15, -0.1) is 0 Å². The van der Waals surface area contributed by atoms with Gasteiger partial charge in [0.1, 0.15) is 17.8 Å². The topological polar surface area (TPSA) is 75.8 Å². The average Bonchev–Trinajstić information content (AvgIpc) is 2.90. The first-order valence-corrected chi connectivity index (χ1v) is 6.42. The molecule has 110 valence electrons. The predicted molar refractivity (Wildman–Crippen MR) is 69.1 cm³/mol. The van der Waals surface area contributed by atoms with E-state index in [1.165, 1.54) is 29.4 Å². The fraction of sp³-hybridized carbons (Fsp3) is 0.286. The summed E-state index contributed by atoms with van der Waals surface area (Å²) in [7, 11) is 0. The molecule has 1 aromatic heterocycles. The second-order valence-corrected chi connectivity index (χ2v) is 4.74. The Labute approximate surface area is 119 Å². The van der Waals surface area contributed by atoms with Gasteiger partial charge in [-0.05, 0) is 12.1 Å². The molecule has 0 saturated carbocycles. The van der Waals surface area contributed by atoms with Crippen LogP contribution in [0.25, 0.3) is 0 Å². The predicted octanol–water partition coefficient (Wildman–Crippen LogP) is 1.21. The Bertz CT molecular complexity index is 652. The summed E-state index contributed by atoms with van der Waals surface area (Å²) in [6.45, 7) is 0.612. The van der Waals surface area contributed by atoms with E-state index >= 15 is 0 Å². The molecule has 1 saturated heterocycles. The van der Waals surface area contributed by atoms with Crippen molar-refractivity contribution in [3.63, 3.8) is 0 Å². The molecule has 1 aliphatic heterocycles. The van der Waals surface area contributed by atoms with E-state index in [9.17, 15) is 9.18 Å². The maximum atomic E-state index is 13.0. The monoisotopic (exact) mass is 292 g/mol. The molecule has 2 heterocycles. The standard InChI is InChI=1S/C14H13FN2O4/c15-9-2-1-3-11(4-9)20-8-13-16-12(7-21-13)14(19)17-5-10(18)6-17/h1-4,7,10,18H,5-6,8H2. The molecule has 3 rings (SSSR count). The minimum Gasteiger partial charge on any atom is -0.484 e. The molecule has 1 aromatic carbocycles. The number of rotatable bonds is 4. The van der Waals surface area contributed by atoms with E-state index in [0.717, 1.165) is 0 Å². The number of halogens is 1. The molecule has 0 atom stereocenters. The number of nitrogens with zero attached hydrogens (tertiary/aromatic N) is 2. The first-order valence-electron chi connectivity index (χ1n) is 6.42. The number of hydrogen-bond donors (Lipinski definition) is 1. The van der Waals surface area contributed by atoms with Gasteiger partial charge in [0.15, 0.2) is 12.3 Å². The molecule has 7 heteroatoms. The van der Waals surface area contributed by atoms with Crippen LogP contribution in [0, 0.1) is 5.82 Å². The molecule has 0 spiro atoms. The number of aliphatic hydroxyl groups is 1. The molecule has 6 nitrogen and oxygen atoms in total. The van der Waals surface area contributed by atoms with Crippen LogP contribution in [-0.2, 0) is 6.61 Å². The average molecular weight is 292 g/mol. The van der Waals surface area contributed by atoms with E-state index in [0.29, 0.717) is 18.8 Å². The molecule has 0 bridgehead atoms. The number of hydrogen-bond acceptors (Lipinski definition) is 5. The zero-order valence-corrected chi connectivity index (χ0v) is 11.0. The zero-order valence-electron chi connectivity index (χ0n) is 11.0. The van der Waals surface area contributed by atoms with Crippen molar-refractivity contribution in [1.82, 2.24) is 9.88 Å². The van der Waals surface area contributed by atoms with Crippen molar-refractivity contribution in [3.8, 4) is 5.75 Å². The normalized spacial score (nSPS) is 14.9. The Hall–Kier alpha value is -2.41. The second-order valence-electron chi connectivity index (χ2n) is 4.74. The van der Waals surface area contributed by atoms with Gasteiger partial charge in [0, 0.05) is 19.2 Å². The Morgan fingerprint density at radius 3 is 3.05 bits per heavy atom. The van der Waals surface area contributed by atoms with Crippen LogP contribution in [0.3, 0.4) is 0 Å². The number of amides is 1. The zero-order chi connectivity index (χ0) is 14.8. The lowest BCUT2D eigenvalue weighted by Crippen LogP contribution is -2.53. The van der Waals surface area contributed by atoms with E-state index in [4.69, 9.17) is 14.3 Å². The highest BCUT2D eigenvalue weighted by molar-refractivity contribution is 5.92. The van der Waals surface area contributed by atoms with Crippen molar-refractivity contribution in [2.75, 3.05) is 13.1 Å². The van der Waals surface area contributed by atoms with E-state index in [2.05, 4.69) is 4.98 Å². The van der Waals surface area contributed by atoms with Crippen LogP contribution in [0.15, 0.2) is 34.9 Å². The first-order chi connectivity index (χ1) is 10.1. The highest BCUT2D eigenvalue weighted by atomic mass is 19.1. The van der Waals surface area contributed by atoms with Gasteiger partial charge in [0.05, 0.1) is 6.10 Å². The molecular formula is C14H13FN2O4. The van der Waals surface area contributed by atoms with Gasteiger partial charge >= 0.3 is 0 Å². The lowest BCUT2D eigenvalue weighted by Gasteiger charge is -2.35. The molecule has 21 heavy (non-hydrogen) atoms. The number of β-amino-alcohol motifs (C(OH)–C–C–N with tert-alkyl or cyclic N) is 1. The van der Waals surface area contributed by atoms with E-state index in [1.807, 2.05) is 0 Å². The molecule has 1 amide bonds. The van der Waals surface area contributed by atoms with Gasteiger partial charge in [-0.1, -0.05) is 6.07 Å². The van der Waals surface area contributed by atoms with Crippen LogP contribution in [0.5, 0.6) is 5.75 Å². The van der Waals surface area contributed by atoms with Gasteiger partial charge < -0.3 is 19.2 Å². The van der Waals surface area contributed by atoms with Crippen molar-refractivity contribution in [3.05, 3.63) is 47.9 Å². The number of likely N-dealkylation sites (tertiary alicyclic amines) is 1. The molecule has 0 unspecified atom stereocenters. The van der Waals surface area contributed by atoms with Gasteiger partial charge in [-0.25, -0.2) is 9.37 Å². The Morgan fingerprint density at radius 1 is 1.52 bits per heavy atom. The summed E-state index contributed by atoms with van der Waals surface area (Å²) in [5.74, 6) is -0.108. The van der Waals surface area contributed by atoms with Gasteiger partial charge in [0.25, 0.3) is 5.91 Å². The molecule has 0 aliphatic carbocycles. The van der Waals surface area contributed by atoms with Crippen molar-refractivity contribution in [1.29, 1.82) is 0 Å². The number of carbonyl (C=O) groups is 1. The van der Waals surface area contributed by atoms with E-state index in [-0.39, 0.29) is 24.1 Å². The maximum absolute atomic E-state index is 13.0. The van der Waals surface area contributed by atoms with Crippen LogP contribution in [0.2, 0.25) is 0 Å². The van der Waals surface area contributed by atoms with E-state index < -0.39 is 11.9 Å². The fourth-order valence-corrected chi connectivity index (χ4v) is 1.96. The third-order valence-electron chi connectivity index (χ3n) is 3.08. The summed E-state index contributed by atoms with van der Waals surface area (Å²) in [6, 6.07) is 5.70. The van der Waals surface area contributed by atoms with Crippen LogP contribution >= 0.6 is 0 Å². The third-order valence-corrected chi connectivity index (χ3v) is 3.08. The molecular weight excluding hydrogens is 279 g/mol. The molecule has 2 aromatic rings. The van der Waals surface area contributed by atoms with Crippen molar-refractivity contribution in [2.24, 2.45) is 0 Å². The van der Waals surface area contributed by atoms with Gasteiger partial charge in [0.2, 0.25) is 5.89 Å². The first kappa shape index (κ1) is 13.6. The summed E-state index contributed by atoms with van der Waals surface area (Å²) in [5.41, 5.74) is 0.166. The highest BCUT2D eigenvalue weighted by Gasteiger charge is 2.31. The third kappa shape index (κ3) is 3.03. The van der Waals surface area contributed by atoms with Crippen molar-refractivity contribution in [2.45, 2.75) is 12.7 Å². The minimum atomic E-state index is -0.461. The number of aliphatic hydroxyl groups excluding tert-OH is 1. The number of ether oxygens (including phenoxy) is 1. The van der Waals surface area contributed by atoms with Crippen molar-refractivity contribution < 1.29 is 23.4 Å². The summed E-state index contributed by atoms with van der Waals surface area (Å²) in [5, 5.41) is 9.16. The van der Waals surface area contributed by atoms with Crippen LogP contribution in [0.1, 0.15) is 16.4 Å². The van der Waals surface area contributed by atoms with Gasteiger partial charge in [-0.2, -0.15) is 0 Å². The number of carbonyl (C=O) groups excluding carboxylic acids is 1. The lowest BCUT2D eigenvalue weighted by molar-refractivity contribution is 0.00549. The fourth-order valence-electron chi connectivity index (χ4n) is 1.96. The quantitative estimate of drug-likeness (QED) is 0.916. The largest absolute Gasteiger partial charge is 0.484 e. The van der Waals surface area contributed by atoms with Crippen LogP contribution < -0.4 is 4.74 Å². The van der Waals surface area contributed by atoms with Gasteiger partial charge in [-0.3, -0.25) is 4.79 Å². The molecule has 1 N–H and O–H groups in total. The number of aromatic nitrogens is 1. The van der Waals surface area contributed by atoms with Crippen molar-refractivity contribution >= 4 is 5.91 Å². The molecule has 1 fully saturated rings. The Kier molecular flexibility index (Phi) is 3.57. The van der Waals surface area contributed by atoms with E-state index in [1.54, 1.807) is 6.07 Å². The summed E-state index contributed by atoms with van der Waals surface area (Å²) < 4.78 is 23.4. The summed E-state index contributed by atoms with van der Waals surface area (Å²) in [4.78, 5) is 17.4. The summed E-state index contributed by atoms with van der Waals surface area (Å²) in [6.07, 6.45) is 0.786. The molecule has 1 aliphatic rings. The molecule has 0 radical (unpaired) electrons. The summed E-state index contributed by atoms with van der Waals surface area (Å²) >= 11 is 0. The number of oxazole rings is 1.